The van der Waals surface area contributed by atoms with Gasteiger partial charge < -0.3 is 15.2 Å². The van der Waals surface area contributed by atoms with Crippen molar-refractivity contribution in [2.45, 2.75) is 37.5 Å². The maximum Gasteiger partial charge on any atom is 0.416 e. The molecule has 0 spiro atoms. The van der Waals surface area contributed by atoms with Crippen LogP contribution in [0.2, 0.25) is 0 Å². The SMILES string of the molecule is Nc1cc(C(F)(F)F)ccc1Oc1ccc2c(c1)CCC[C@H]2C1OC(=O)NC1=O. The van der Waals surface area contributed by atoms with Crippen molar-refractivity contribution in [3.05, 3.63) is 53.1 Å². The average molecular weight is 406 g/mol. The van der Waals surface area contributed by atoms with Crippen molar-refractivity contribution in [2.24, 2.45) is 0 Å². The fraction of sp³-hybridized carbons (Fsp3) is 0.300. The summed E-state index contributed by atoms with van der Waals surface area (Å²) in [6.07, 6.45) is -3.85. The number of carbonyl (C=O) groups excluding carboxylic acids is 2. The van der Waals surface area contributed by atoms with Gasteiger partial charge in [0.15, 0.2) is 6.10 Å². The smallest absolute Gasteiger partial charge is 0.416 e. The quantitative estimate of drug-likeness (QED) is 0.748. The minimum Gasteiger partial charge on any atom is -0.455 e. The number of fused-ring (bicyclic) bond motifs is 1. The van der Waals surface area contributed by atoms with Crippen molar-refractivity contribution in [1.29, 1.82) is 0 Å². The second-order valence-electron chi connectivity index (χ2n) is 7.03. The molecule has 0 bridgehead atoms. The van der Waals surface area contributed by atoms with Crippen LogP contribution in [0, 0.1) is 0 Å². The van der Waals surface area contributed by atoms with E-state index in [1.807, 2.05) is 0 Å². The molecule has 3 N–H and O–H groups in total. The van der Waals surface area contributed by atoms with E-state index in [1.54, 1.807) is 18.2 Å². The Morgan fingerprint density at radius 1 is 1.14 bits per heavy atom. The Balaban J connectivity index is 1.57. The Bertz CT molecular complexity index is 990. The Kier molecular flexibility index (Phi) is 4.60. The number of benzene rings is 2. The standard InChI is InChI=1S/C20H17F3N2O4/c21-20(22,23)11-4-7-16(15(24)9-11)28-12-5-6-13-10(8-12)2-1-3-14(13)17-18(26)25-19(27)29-17/h4-9,14,17H,1-3,24H2,(H,25,26,27)/t14-,17?/m1/s1. The molecular weight excluding hydrogens is 389 g/mol. The summed E-state index contributed by atoms with van der Waals surface area (Å²) in [4.78, 5) is 23.3. The van der Waals surface area contributed by atoms with Crippen LogP contribution in [0.1, 0.15) is 35.4 Å². The van der Waals surface area contributed by atoms with Crippen LogP contribution >= 0.6 is 0 Å². The number of cyclic esters (lactones) is 1. The lowest BCUT2D eigenvalue weighted by molar-refractivity contribution is -0.137. The zero-order chi connectivity index (χ0) is 20.8. The number of hydrogen-bond acceptors (Lipinski definition) is 5. The van der Waals surface area contributed by atoms with Gasteiger partial charge in [0.2, 0.25) is 0 Å². The summed E-state index contributed by atoms with van der Waals surface area (Å²) in [5, 5.41) is 2.14. The lowest BCUT2D eigenvalue weighted by Gasteiger charge is -2.28. The monoisotopic (exact) mass is 406 g/mol. The molecule has 2 aromatic carbocycles. The van der Waals surface area contributed by atoms with E-state index in [1.165, 1.54) is 6.07 Å². The Labute approximate surface area is 163 Å². The van der Waals surface area contributed by atoms with Crippen LogP contribution in [0.25, 0.3) is 0 Å². The number of carbonyl (C=O) groups is 2. The van der Waals surface area contributed by atoms with Crippen molar-refractivity contribution in [3.8, 4) is 11.5 Å². The first kappa shape index (κ1) is 19.1. The molecule has 4 rings (SSSR count). The molecule has 1 heterocycles. The van der Waals surface area contributed by atoms with Gasteiger partial charge in [-0.05, 0) is 60.7 Å². The number of aryl methyl sites for hydroxylation is 1. The lowest BCUT2D eigenvalue weighted by atomic mass is 9.79. The number of alkyl carbamates (subject to hydrolysis) is 1. The third-order valence-corrected chi connectivity index (χ3v) is 5.12. The van der Waals surface area contributed by atoms with Crippen molar-refractivity contribution >= 4 is 17.7 Å². The molecule has 2 amide bonds. The van der Waals surface area contributed by atoms with E-state index in [-0.39, 0.29) is 17.4 Å². The zero-order valence-corrected chi connectivity index (χ0v) is 15.1. The van der Waals surface area contributed by atoms with E-state index >= 15 is 0 Å². The van der Waals surface area contributed by atoms with Gasteiger partial charge in [-0.25, -0.2) is 4.79 Å². The van der Waals surface area contributed by atoms with E-state index in [0.717, 1.165) is 36.1 Å². The fourth-order valence-electron chi connectivity index (χ4n) is 3.79. The van der Waals surface area contributed by atoms with Crippen LogP contribution in [0.4, 0.5) is 23.7 Å². The lowest BCUT2D eigenvalue weighted by Crippen LogP contribution is -2.31. The van der Waals surface area contributed by atoms with Crippen molar-refractivity contribution in [3.63, 3.8) is 0 Å². The number of anilines is 1. The fourth-order valence-corrected chi connectivity index (χ4v) is 3.79. The van der Waals surface area contributed by atoms with Gasteiger partial charge in [0, 0.05) is 5.92 Å². The molecule has 1 fully saturated rings. The number of alkyl halides is 3. The van der Waals surface area contributed by atoms with Crippen LogP contribution in [-0.4, -0.2) is 18.1 Å². The predicted octanol–water partition coefficient (Wildman–Crippen LogP) is 4.13. The van der Waals surface area contributed by atoms with Crippen molar-refractivity contribution in [1.82, 2.24) is 5.32 Å². The Morgan fingerprint density at radius 3 is 2.59 bits per heavy atom. The molecule has 2 aliphatic rings. The highest BCUT2D eigenvalue weighted by Crippen LogP contribution is 2.40. The molecule has 0 saturated carbocycles. The number of amides is 2. The van der Waals surface area contributed by atoms with Crippen LogP contribution in [0.5, 0.6) is 11.5 Å². The number of rotatable bonds is 3. The molecule has 2 aromatic rings. The third kappa shape index (κ3) is 3.72. The Morgan fingerprint density at radius 2 is 1.93 bits per heavy atom. The second kappa shape index (κ2) is 6.98. The number of nitrogen functional groups attached to an aromatic ring is 1. The topological polar surface area (TPSA) is 90.7 Å². The number of hydrogen-bond donors (Lipinski definition) is 2. The zero-order valence-electron chi connectivity index (χ0n) is 15.1. The molecule has 9 heteroatoms. The summed E-state index contributed by atoms with van der Waals surface area (Å²) in [5.74, 6) is -0.167. The number of nitrogens with one attached hydrogen (secondary N) is 1. The van der Waals surface area contributed by atoms with Gasteiger partial charge in [-0.3, -0.25) is 10.1 Å². The average Bonchev–Trinajstić information content (AvgIpc) is 3.00. The van der Waals surface area contributed by atoms with Gasteiger partial charge in [-0.15, -0.1) is 0 Å². The van der Waals surface area contributed by atoms with Crippen LogP contribution in [0.3, 0.4) is 0 Å². The van der Waals surface area contributed by atoms with E-state index < -0.39 is 29.8 Å². The number of imide groups is 1. The van der Waals surface area contributed by atoms with Crippen LogP contribution < -0.4 is 15.8 Å². The molecule has 6 nitrogen and oxygen atoms in total. The highest BCUT2D eigenvalue weighted by molar-refractivity contribution is 6.00. The maximum atomic E-state index is 12.8. The summed E-state index contributed by atoms with van der Waals surface area (Å²) in [7, 11) is 0. The first-order valence-electron chi connectivity index (χ1n) is 9.01. The molecule has 1 saturated heterocycles. The van der Waals surface area contributed by atoms with Gasteiger partial charge in [0.05, 0.1) is 11.3 Å². The highest BCUT2D eigenvalue weighted by atomic mass is 19.4. The number of ether oxygens (including phenoxy) is 2. The molecule has 29 heavy (non-hydrogen) atoms. The highest BCUT2D eigenvalue weighted by Gasteiger charge is 2.41. The van der Waals surface area contributed by atoms with E-state index in [4.69, 9.17) is 15.2 Å². The third-order valence-electron chi connectivity index (χ3n) is 5.12. The van der Waals surface area contributed by atoms with Crippen LogP contribution in [-0.2, 0) is 22.1 Å². The van der Waals surface area contributed by atoms with E-state index in [2.05, 4.69) is 5.32 Å². The first-order valence-corrected chi connectivity index (χ1v) is 9.01. The summed E-state index contributed by atoms with van der Waals surface area (Å²) in [6, 6.07) is 8.14. The summed E-state index contributed by atoms with van der Waals surface area (Å²) in [6.45, 7) is 0. The molecule has 2 atom stereocenters. The number of halogens is 3. The van der Waals surface area contributed by atoms with Crippen LogP contribution in [0.15, 0.2) is 36.4 Å². The molecular formula is C20H17F3N2O4. The van der Waals surface area contributed by atoms with Gasteiger partial charge in [0.25, 0.3) is 5.91 Å². The largest absolute Gasteiger partial charge is 0.455 e. The molecule has 1 unspecified atom stereocenters. The van der Waals surface area contributed by atoms with Crippen molar-refractivity contribution < 1.29 is 32.2 Å². The summed E-state index contributed by atoms with van der Waals surface area (Å²) >= 11 is 0. The number of nitrogens with two attached hydrogens (primary N) is 1. The van der Waals surface area contributed by atoms with Gasteiger partial charge in [0.1, 0.15) is 11.5 Å². The normalized spacial score (nSPS) is 21.3. The van der Waals surface area contributed by atoms with Gasteiger partial charge in [-0.2, -0.15) is 13.2 Å². The molecule has 0 radical (unpaired) electrons. The second-order valence-corrected chi connectivity index (χ2v) is 7.03. The maximum absolute atomic E-state index is 12.8. The first-order chi connectivity index (χ1) is 13.7. The molecule has 0 aromatic heterocycles. The summed E-state index contributed by atoms with van der Waals surface area (Å²) in [5.41, 5.74) is 6.57. The molecule has 1 aliphatic carbocycles. The van der Waals surface area contributed by atoms with Gasteiger partial charge in [-0.1, -0.05) is 6.07 Å². The minimum absolute atomic E-state index is 0.120. The van der Waals surface area contributed by atoms with Gasteiger partial charge >= 0.3 is 12.3 Å². The van der Waals surface area contributed by atoms with Crippen molar-refractivity contribution in [2.75, 3.05) is 5.73 Å². The predicted molar refractivity (Wildman–Crippen MR) is 96.5 cm³/mol. The van der Waals surface area contributed by atoms with E-state index in [0.29, 0.717) is 12.2 Å². The minimum atomic E-state index is -4.48. The molecule has 152 valence electrons. The Hall–Kier alpha value is -3.23. The van der Waals surface area contributed by atoms with E-state index in [9.17, 15) is 22.8 Å². The summed E-state index contributed by atoms with van der Waals surface area (Å²) < 4.78 is 49.1. The molecule has 1 aliphatic heterocycles.